The SMILES string of the molecule is Cc1ccc(N(C2=CC[C@](C)(I)C=C2)c2ccccc2)cc1. The minimum Gasteiger partial charge on any atom is -0.311 e. The minimum absolute atomic E-state index is 0.219. The van der Waals surface area contributed by atoms with Crippen LogP contribution < -0.4 is 4.90 Å². The van der Waals surface area contributed by atoms with Gasteiger partial charge in [-0.25, -0.2) is 0 Å². The molecule has 0 bridgehead atoms. The predicted octanol–water partition coefficient (Wildman–Crippen LogP) is 6.17. The van der Waals surface area contributed by atoms with Crippen molar-refractivity contribution >= 4 is 34.0 Å². The molecule has 1 aliphatic rings. The van der Waals surface area contributed by atoms with Gasteiger partial charge in [-0.2, -0.15) is 0 Å². The lowest BCUT2D eigenvalue weighted by Gasteiger charge is -2.30. The topological polar surface area (TPSA) is 3.24 Å². The van der Waals surface area contributed by atoms with Gasteiger partial charge in [0, 0.05) is 20.5 Å². The molecule has 0 saturated heterocycles. The van der Waals surface area contributed by atoms with Crippen LogP contribution in [-0.4, -0.2) is 3.42 Å². The Kier molecular flexibility index (Phi) is 4.39. The van der Waals surface area contributed by atoms with Crippen molar-refractivity contribution in [2.75, 3.05) is 4.90 Å². The lowest BCUT2D eigenvalue weighted by Crippen LogP contribution is -2.21. The summed E-state index contributed by atoms with van der Waals surface area (Å²) in [5, 5.41) is 0. The molecule has 0 fully saturated rings. The molecule has 1 aliphatic carbocycles. The summed E-state index contributed by atoms with van der Waals surface area (Å²) in [5.74, 6) is 0. The molecule has 0 spiro atoms. The Balaban J connectivity index is 2.03. The van der Waals surface area contributed by atoms with Crippen LogP contribution in [0.15, 0.2) is 78.5 Å². The zero-order valence-corrected chi connectivity index (χ0v) is 15.1. The molecule has 0 heterocycles. The molecule has 0 radical (unpaired) electrons. The van der Waals surface area contributed by atoms with E-state index in [0.717, 1.165) is 6.42 Å². The summed E-state index contributed by atoms with van der Waals surface area (Å²) in [7, 11) is 0. The van der Waals surface area contributed by atoms with E-state index in [0.29, 0.717) is 0 Å². The first kappa shape index (κ1) is 15.3. The van der Waals surface area contributed by atoms with Gasteiger partial charge in [-0.05, 0) is 50.6 Å². The van der Waals surface area contributed by atoms with E-state index in [4.69, 9.17) is 0 Å². The van der Waals surface area contributed by atoms with Crippen LogP contribution in [0.1, 0.15) is 18.9 Å². The molecule has 2 heteroatoms. The number of hydrogen-bond donors (Lipinski definition) is 0. The molecule has 0 saturated carbocycles. The molecule has 0 unspecified atom stereocenters. The smallest absolute Gasteiger partial charge is 0.0461 e. The van der Waals surface area contributed by atoms with Crippen LogP contribution in [0.25, 0.3) is 0 Å². The number of hydrogen-bond acceptors (Lipinski definition) is 1. The molecule has 0 aliphatic heterocycles. The van der Waals surface area contributed by atoms with Gasteiger partial charge >= 0.3 is 0 Å². The van der Waals surface area contributed by atoms with Gasteiger partial charge < -0.3 is 4.90 Å². The van der Waals surface area contributed by atoms with Gasteiger partial charge in [0.1, 0.15) is 0 Å². The first-order valence-electron chi connectivity index (χ1n) is 7.55. The molecule has 22 heavy (non-hydrogen) atoms. The first-order valence-corrected chi connectivity index (χ1v) is 8.63. The molecule has 0 aromatic heterocycles. The van der Waals surface area contributed by atoms with Gasteiger partial charge in [-0.3, -0.25) is 0 Å². The number of para-hydroxylation sites is 1. The van der Waals surface area contributed by atoms with E-state index in [-0.39, 0.29) is 3.42 Å². The Morgan fingerprint density at radius 1 is 0.955 bits per heavy atom. The fourth-order valence-electron chi connectivity index (χ4n) is 2.58. The predicted molar refractivity (Wildman–Crippen MR) is 104 cm³/mol. The number of rotatable bonds is 3. The van der Waals surface area contributed by atoms with Gasteiger partial charge in [-0.1, -0.05) is 70.6 Å². The lowest BCUT2D eigenvalue weighted by molar-refractivity contribution is 0.823. The molecular weight excluding hydrogens is 381 g/mol. The monoisotopic (exact) mass is 401 g/mol. The Bertz CT molecular complexity index is 696. The second-order valence-corrected chi connectivity index (χ2v) is 8.42. The van der Waals surface area contributed by atoms with E-state index in [1.165, 1.54) is 22.6 Å². The van der Waals surface area contributed by atoms with Gasteiger partial charge in [-0.15, -0.1) is 0 Å². The number of anilines is 2. The normalized spacial score (nSPS) is 20.6. The zero-order chi connectivity index (χ0) is 15.6. The van der Waals surface area contributed by atoms with E-state index < -0.39 is 0 Å². The van der Waals surface area contributed by atoms with E-state index >= 15 is 0 Å². The highest BCUT2D eigenvalue weighted by Crippen LogP contribution is 2.36. The summed E-state index contributed by atoms with van der Waals surface area (Å²) >= 11 is 2.51. The van der Waals surface area contributed by atoms with Crippen molar-refractivity contribution in [3.63, 3.8) is 0 Å². The van der Waals surface area contributed by atoms with Crippen molar-refractivity contribution < 1.29 is 0 Å². The fourth-order valence-corrected chi connectivity index (χ4v) is 2.98. The highest BCUT2D eigenvalue weighted by Gasteiger charge is 2.21. The summed E-state index contributed by atoms with van der Waals surface area (Å²) in [6, 6.07) is 19.3. The van der Waals surface area contributed by atoms with Crippen molar-refractivity contribution in [3.8, 4) is 0 Å². The van der Waals surface area contributed by atoms with Crippen molar-refractivity contribution in [2.45, 2.75) is 23.7 Å². The third-order valence-electron chi connectivity index (χ3n) is 3.88. The standard InChI is InChI=1S/C20H20IN/c1-16-8-10-18(11-9-16)22(17-6-4-3-5-7-17)19-12-14-20(2,21)15-13-19/h3-14H,15H2,1-2H3/t20-/m1/s1. The molecule has 3 rings (SSSR count). The number of benzene rings is 2. The third-order valence-corrected chi connectivity index (χ3v) is 4.68. The highest BCUT2D eigenvalue weighted by atomic mass is 127. The van der Waals surface area contributed by atoms with Crippen LogP contribution in [0.3, 0.4) is 0 Å². The molecule has 2 aromatic carbocycles. The van der Waals surface area contributed by atoms with Crippen LogP contribution in [-0.2, 0) is 0 Å². The van der Waals surface area contributed by atoms with Crippen LogP contribution in [0, 0.1) is 6.92 Å². The first-order chi connectivity index (χ1) is 10.6. The van der Waals surface area contributed by atoms with Crippen molar-refractivity contribution in [2.24, 2.45) is 0 Å². The van der Waals surface area contributed by atoms with Gasteiger partial charge in [0.15, 0.2) is 0 Å². The summed E-state index contributed by atoms with van der Waals surface area (Å²) in [6.07, 6.45) is 7.92. The number of alkyl halides is 1. The Labute approximate surface area is 146 Å². The van der Waals surface area contributed by atoms with Crippen molar-refractivity contribution in [1.82, 2.24) is 0 Å². The summed E-state index contributed by atoms with van der Waals surface area (Å²) < 4.78 is 0.219. The number of halogens is 1. The highest BCUT2D eigenvalue weighted by molar-refractivity contribution is 14.1. The minimum atomic E-state index is 0.219. The Hall–Kier alpha value is -1.55. The second kappa shape index (κ2) is 6.29. The van der Waals surface area contributed by atoms with Crippen LogP contribution >= 0.6 is 22.6 Å². The lowest BCUT2D eigenvalue weighted by atomic mass is 10.00. The fraction of sp³-hybridized carbons (Fsp3) is 0.200. The molecule has 0 N–H and O–H groups in total. The molecule has 112 valence electrons. The van der Waals surface area contributed by atoms with E-state index in [1.807, 2.05) is 0 Å². The summed E-state index contributed by atoms with van der Waals surface area (Å²) in [4.78, 5) is 2.32. The van der Waals surface area contributed by atoms with Crippen LogP contribution in [0.2, 0.25) is 0 Å². The zero-order valence-electron chi connectivity index (χ0n) is 13.0. The van der Waals surface area contributed by atoms with Gasteiger partial charge in [0.05, 0.1) is 0 Å². The third kappa shape index (κ3) is 3.43. The van der Waals surface area contributed by atoms with E-state index in [1.54, 1.807) is 0 Å². The maximum absolute atomic E-state index is 2.51. The summed E-state index contributed by atoms with van der Waals surface area (Å²) in [5.41, 5.74) is 4.91. The average molecular weight is 401 g/mol. The maximum Gasteiger partial charge on any atom is 0.0461 e. The number of nitrogens with zero attached hydrogens (tertiary/aromatic N) is 1. The molecule has 2 aromatic rings. The van der Waals surface area contributed by atoms with Crippen LogP contribution in [0.5, 0.6) is 0 Å². The average Bonchev–Trinajstić information content (AvgIpc) is 2.52. The van der Waals surface area contributed by atoms with Gasteiger partial charge in [0.25, 0.3) is 0 Å². The summed E-state index contributed by atoms with van der Waals surface area (Å²) in [6.45, 7) is 4.38. The number of allylic oxidation sites excluding steroid dienone is 3. The molecule has 1 nitrogen and oxygen atoms in total. The number of aryl methyl sites for hydroxylation is 1. The van der Waals surface area contributed by atoms with Gasteiger partial charge in [0.2, 0.25) is 0 Å². The van der Waals surface area contributed by atoms with E-state index in [9.17, 15) is 0 Å². The Morgan fingerprint density at radius 3 is 2.18 bits per heavy atom. The largest absolute Gasteiger partial charge is 0.311 e. The second-order valence-electron chi connectivity index (χ2n) is 5.95. The Morgan fingerprint density at radius 2 is 1.59 bits per heavy atom. The van der Waals surface area contributed by atoms with Crippen LogP contribution in [0.4, 0.5) is 11.4 Å². The van der Waals surface area contributed by atoms with Crippen molar-refractivity contribution in [1.29, 1.82) is 0 Å². The maximum atomic E-state index is 2.51. The van der Waals surface area contributed by atoms with E-state index in [2.05, 4.69) is 114 Å². The molecular formula is C20H20IN. The molecule has 1 atom stereocenters. The molecule has 0 amide bonds. The van der Waals surface area contributed by atoms with Crippen molar-refractivity contribution in [3.05, 3.63) is 84.1 Å². The quantitative estimate of drug-likeness (QED) is 0.439.